The van der Waals surface area contributed by atoms with E-state index in [1.54, 1.807) is 0 Å². The van der Waals surface area contributed by atoms with Crippen molar-refractivity contribution in [2.75, 3.05) is 5.73 Å². The summed E-state index contributed by atoms with van der Waals surface area (Å²) in [6.45, 7) is 0. The minimum absolute atomic E-state index is 0.00320. The van der Waals surface area contributed by atoms with Gasteiger partial charge < -0.3 is 5.73 Å². The van der Waals surface area contributed by atoms with Crippen molar-refractivity contribution in [2.24, 2.45) is 0 Å². The van der Waals surface area contributed by atoms with Gasteiger partial charge in [0.15, 0.2) is 0 Å². The lowest BCUT2D eigenvalue weighted by molar-refractivity contribution is 0.556. The third kappa shape index (κ3) is 2.22. The van der Waals surface area contributed by atoms with Gasteiger partial charge in [-0.15, -0.1) is 0 Å². The Morgan fingerprint density at radius 3 is 2.42 bits per heavy atom. The number of hydrogen-bond acceptors (Lipinski definition) is 4. The topological polar surface area (TPSA) is 101 Å². The number of anilines is 1. The number of aromatic amines is 1. The maximum absolute atomic E-state index is 12.2. The number of rotatable bonds is 3. The fourth-order valence-electron chi connectivity index (χ4n) is 2.42. The Morgan fingerprint density at radius 2 is 1.89 bits per heavy atom. The summed E-state index contributed by atoms with van der Waals surface area (Å²) in [6.07, 6.45) is 2.63. The molecule has 100 valence electrons. The third-order valence-corrected chi connectivity index (χ3v) is 4.84. The predicted molar refractivity (Wildman–Crippen MR) is 71.0 cm³/mol. The van der Waals surface area contributed by atoms with E-state index < -0.39 is 10.0 Å². The molecule has 3 rings (SSSR count). The lowest BCUT2D eigenvalue weighted by Gasteiger charge is -2.11. The standard InChI is InChI=1S/C12H14N4O2S/c13-12-11(7-14-15-12)19(17,18)16-10-5-8-3-1-2-4-9(8)6-10/h1-4,7,10,16H,5-6H2,(H3,13,14,15). The average Bonchev–Trinajstić information content (AvgIpc) is 2.93. The SMILES string of the molecule is Nc1[nH]ncc1S(=O)(=O)NC1Cc2ccccc2C1. The zero-order chi connectivity index (χ0) is 13.5. The number of aromatic nitrogens is 2. The van der Waals surface area contributed by atoms with E-state index in [-0.39, 0.29) is 16.8 Å². The highest BCUT2D eigenvalue weighted by atomic mass is 32.2. The van der Waals surface area contributed by atoms with E-state index in [4.69, 9.17) is 5.73 Å². The molecule has 0 aliphatic heterocycles. The van der Waals surface area contributed by atoms with Crippen molar-refractivity contribution >= 4 is 15.8 Å². The summed E-state index contributed by atoms with van der Waals surface area (Å²) < 4.78 is 27.0. The number of sulfonamides is 1. The molecule has 0 fully saturated rings. The van der Waals surface area contributed by atoms with Crippen LogP contribution in [-0.4, -0.2) is 24.7 Å². The van der Waals surface area contributed by atoms with Gasteiger partial charge in [-0.2, -0.15) is 5.10 Å². The van der Waals surface area contributed by atoms with Crippen LogP contribution in [-0.2, 0) is 22.9 Å². The zero-order valence-corrected chi connectivity index (χ0v) is 10.9. The van der Waals surface area contributed by atoms with Gasteiger partial charge in [-0.1, -0.05) is 24.3 Å². The molecule has 1 heterocycles. The molecule has 0 radical (unpaired) electrons. The molecule has 1 aromatic heterocycles. The molecule has 19 heavy (non-hydrogen) atoms. The molecule has 0 bridgehead atoms. The van der Waals surface area contributed by atoms with Gasteiger partial charge in [-0.3, -0.25) is 5.10 Å². The highest BCUT2D eigenvalue weighted by molar-refractivity contribution is 7.89. The first kappa shape index (κ1) is 12.2. The molecular formula is C12H14N4O2S. The van der Waals surface area contributed by atoms with Crippen LogP contribution in [0.15, 0.2) is 35.4 Å². The van der Waals surface area contributed by atoms with Gasteiger partial charge in [0.1, 0.15) is 10.7 Å². The monoisotopic (exact) mass is 278 g/mol. The third-order valence-electron chi connectivity index (χ3n) is 3.29. The van der Waals surface area contributed by atoms with Crippen molar-refractivity contribution in [1.29, 1.82) is 0 Å². The van der Waals surface area contributed by atoms with E-state index in [0.29, 0.717) is 12.8 Å². The van der Waals surface area contributed by atoms with E-state index in [1.807, 2.05) is 24.3 Å². The maximum atomic E-state index is 12.2. The number of nitrogen functional groups attached to an aromatic ring is 1. The Hall–Kier alpha value is -1.86. The van der Waals surface area contributed by atoms with E-state index in [1.165, 1.54) is 17.3 Å². The number of nitrogens with one attached hydrogen (secondary N) is 2. The van der Waals surface area contributed by atoms with Gasteiger partial charge in [-0.05, 0) is 24.0 Å². The second-order valence-electron chi connectivity index (χ2n) is 4.64. The largest absolute Gasteiger partial charge is 0.383 e. The summed E-state index contributed by atoms with van der Waals surface area (Å²) in [5, 5.41) is 6.06. The van der Waals surface area contributed by atoms with Crippen LogP contribution in [0.2, 0.25) is 0 Å². The van der Waals surface area contributed by atoms with E-state index in [0.717, 1.165) is 0 Å². The molecule has 1 aliphatic rings. The van der Waals surface area contributed by atoms with Crippen molar-refractivity contribution < 1.29 is 8.42 Å². The smallest absolute Gasteiger partial charge is 0.246 e. The first-order valence-corrected chi connectivity index (χ1v) is 7.42. The molecule has 6 nitrogen and oxygen atoms in total. The fourth-order valence-corrected chi connectivity index (χ4v) is 3.68. The van der Waals surface area contributed by atoms with Crippen LogP contribution < -0.4 is 10.5 Å². The summed E-state index contributed by atoms with van der Waals surface area (Å²) in [5.74, 6) is 0.0583. The molecule has 2 aromatic rings. The Kier molecular flexibility index (Phi) is 2.79. The lowest BCUT2D eigenvalue weighted by atomic mass is 10.1. The van der Waals surface area contributed by atoms with Gasteiger partial charge >= 0.3 is 0 Å². The lowest BCUT2D eigenvalue weighted by Crippen LogP contribution is -2.35. The number of nitrogens with two attached hydrogens (primary N) is 1. The molecule has 0 saturated heterocycles. The number of nitrogens with zero attached hydrogens (tertiary/aromatic N) is 1. The van der Waals surface area contributed by atoms with Gasteiger partial charge in [0, 0.05) is 6.04 Å². The molecule has 0 unspecified atom stereocenters. The van der Waals surface area contributed by atoms with Crippen molar-refractivity contribution in [1.82, 2.24) is 14.9 Å². The Balaban J connectivity index is 1.80. The highest BCUT2D eigenvalue weighted by Gasteiger charge is 2.27. The first-order chi connectivity index (χ1) is 9.06. The molecule has 1 aromatic carbocycles. The minimum Gasteiger partial charge on any atom is -0.383 e. The molecule has 0 saturated carbocycles. The second-order valence-corrected chi connectivity index (χ2v) is 6.33. The molecule has 0 atom stereocenters. The van der Waals surface area contributed by atoms with E-state index in [9.17, 15) is 8.42 Å². The molecule has 0 spiro atoms. The van der Waals surface area contributed by atoms with Crippen LogP contribution in [0.25, 0.3) is 0 Å². The number of H-pyrrole nitrogens is 1. The van der Waals surface area contributed by atoms with Gasteiger partial charge in [0.05, 0.1) is 6.20 Å². The van der Waals surface area contributed by atoms with Crippen LogP contribution in [0.1, 0.15) is 11.1 Å². The quantitative estimate of drug-likeness (QED) is 0.758. The second kappa shape index (κ2) is 4.36. The van der Waals surface area contributed by atoms with Crippen molar-refractivity contribution in [3.05, 3.63) is 41.6 Å². The van der Waals surface area contributed by atoms with Crippen LogP contribution in [0.3, 0.4) is 0 Å². The molecule has 0 amide bonds. The van der Waals surface area contributed by atoms with E-state index >= 15 is 0 Å². The Bertz CT molecular complexity index is 683. The summed E-state index contributed by atoms with van der Waals surface area (Å²) >= 11 is 0. The molecule has 4 N–H and O–H groups in total. The first-order valence-electron chi connectivity index (χ1n) is 5.94. The Morgan fingerprint density at radius 1 is 1.26 bits per heavy atom. The van der Waals surface area contributed by atoms with Crippen molar-refractivity contribution in [3.8, 4) is 0 Å². The Labute approximate surface area is 111 Å². The summed E-state index contributed by atoms with van der Waals surface area (Å²) in [5.41, 5.74) is 7.93. The van der Waals surface area contributed by atoms with Gasteiger partial charge in [0.25, 0.3) is 0 Å². The number of hydrogen-bond donors (Lipinski definition) is 3. The van der Waals surface area contributed by atoms with Crippen molar-refractivity contribution in [3.63, 3.8) is 0 Å². The molecule has 1 aliphatic carbocycles. The summed E-state index contributed by atoms with van der Waals surface area (Å²) in [7, 11) is -3.62. The highest BCUT2D eigenvalue weighted by Crippen LogP contribution is 2.23. The average molecular weight is 278 g/mol. The van der Waals surface area contributed by atoms with Crippen LogP contribution >= 0.6 is 0 Å². The number of fused-ring (bicyclic) bond motifs is 1. The predicted octanol–water partition coefficient (Wildman–Crippen LogP) is 0.438. The fraction of sp³-hybridized carbons (Fsp3) is 0.250. The molecular weight excluding hydrogens is 264 g/mol. The van der Waals surface area contributed by atoms with Gasteiger partial charge in [-0.25, -0.2) is 13.1 Å². The van der Waals surface area contributed by atoms with E-state index in [2.05, 4.69) is 14.9 Å². The summed E-state index contributed by atoms with van der Waals surface area (Å²) in [6, 6.07) is 7.84. The van der Waals surface area contributed by atoms with Gasteiger partial charge in [0.2, 0.25) is 10.0 Å². The number of benzene rings is 1. The molecule has 7 heteroatoms. The normalized spacial score (nSPS) is 15.6. The van der Waals surface area contributed by atoms with Crippen LogP contribution in [0.5, 0.6) is 0 Å². The maximum Gasteiger partial charge on any atom is 0.246 e. The zero-order valence-electron chi connectivity index (χ0n) is 10.1. The van der Waals surface area contributed by atoms with Crippen LogP contribution in [0, 0.1) is 0 Å². The minimum atomic E-state index is -3.62. The van der Waals surface area contributed by atoms with Crippen molar-refractivity contribution in [2.45, 2.75) is 23.8 Å². The summed E-state index contributed by atoms with van der Waals surface area (Å²) in [4.78, 5) is 0.00320. The van der Waals surface area contributed by atoms with Crippen LogP contribution in [0.4, 0.5) is 5.82 Å².